The van der Waals surface area contributed by atoms with Crippen LogP contribution in [0.1, 0.15) is 6.92 Å². The first-order valence-electron chi connectivity index (χ1n) is 3.14. The number of nitrogens with zero attached hydrogens (tertiary/aromatic N) is 1. The Morgan fingerprint density at radius 3 is 2.36 bits per heavy atom. The first-order chi connectivity index (χ1) is 5.11. The zero-order valence-corrected chi connectivity index (χ0v) is 6.24. The molecule has 0 aromatic heterocycles. The molecule has 0 rings (SSSR count). The van der Waals surface area contributed by atoms with Crippen molar-refractivity contribution < 1.29 is 14.4 Å². The van der Waals surface area contributed by atoms with Crippen LogP contribution in [0.5, 0.6) is 0 Å². The van der Waals surface area contributed by atoms with E-state index >= 15 is 0 Å². The van der Waals surface area contributed by atoms with Crippen molar-refractivity contribution >= 4 is 18.1 Å². The number of primary amides is 1. The number of hydrogen-bond acceptors (Lipinski definition) is 3. The molecule has 2 amide bonds. The molecular weight excluding hydrogens is 148 g/mol. The van der Waals surface area contributed by atoms with Gasteiger partial charge in [-0.15, -0.1) is 0 Å². The van der Waals surface area contributed by atoms with Gasteiger partial charge in [0, 0.05) is 6.54 Å². The van der Waals surface area contributed by atoms with E-state index in [9.17, 15) is 14.4 Å². The SMILES string of the molecule is CCN(CC(N)=O)C(=O)C=O. The summed E-state index contributed by atoms with van der Waals surface area (Å²) in [5, 5.41) is 0. The molecule has 11 heavy (non-hydrogen) atoms. The second-order valence-electron chi connectivity index (χ2n) is 1.94. The summed E-state index contributed by atoms with van der Waals surface area (Å²) in [4.78, 5) is 31.9. The molecule has 0 bridgehead atoms. The first-order valence-corrected chi connectivity index (χ1v) is 3.14. The van der Waals surface area contributed by atoms with Crippen LogP contribution in [-0.2, 0) is 14.4 Å². The summed E-state index contributed by atoms with van der Waals surface area (Å²) < 4.78 is 0. The van der Waals surface area contributed by atoms with E-state index in [1.807, 2.05) is 0 Å². The number of hydrogen-bond donors (Lipinski definition) is 1. The normalized spacial score (nSPS) is 8.82. The van der Waals surface area contributed by atoms with E-state index in [1.165, 1.54) is 0 Å². The molecule has 0 aromatic carbocycles. The van der Waals surface area contributed by atoms with E-state index in [0.29, 0.717) is 6.54 Å². The third kappa shape index (κ3) is 3.34. The van der Waals surface area contributed by atoms with Gasteiger partial charge in [0.25, 0.3) is 5.91 Å². The van der Waals surface area contributed by atoms with Crippen molar-refractivity contribution in [1.29, 1.82) is 0 Å². The third-order valence-electron chi connectivity index (χ3n) is 1.14. The number of carbonyl (C=O) groups excluding carboxylic acids is 3. The van der Waals surface area contributed by atoms with E-state index in [4.69, 9.17) is 5.73 Å². The van der Waals surface area contributed by atoms with Gasteiger partial charge in [0.2, 0.25) is 12.2 Å². The zero-order chi connectivity index (χ0) is 8.85. The standard InChI is InChI=1S/C6H10N2O3/c1-2-8(3-5(7)10)6(11)4-9/h4H,2-3H2,1H3,(H2,7,10). The molecule has 0 aliphatic carbocycles. The summed E-state index contributed by atoms with van der Waals surface area (Å²) in [5.41, 5.74) is 4.81. The Morgan fingerprint density at radius 1 is 1.55 bits per heavy atom. The average molecular weight is 158 g/mol. The molecule has 0 radical (unpaired) electrons. The molecule has 0 aliphatic rings. The summed E-state index contributed by atoms with van der Waals surface area (Å²) in [6.45, 7) is 1.76. The van der Waals surface area contributed by atoms with Crippen LogP contribution in [0, 0.1) is 0 Å². The van der Waals surface area contributed by atoms with Crippen LogP contribution in [-0.4, -0.2) is 36.1 Å². The van der Waals surface area contributed by atoms with Gasteiger partial charge >= 0.3 is 0 Å². The lowest BCUT2D eigenvalue weighted by atomic mass is 10.4. The highest BCUT2D eigenvalue weighted by Crippen LogP contribution is 1.85. The van der Waals surface area contributed by atoms with Crippen molar-refractivity contribution in [2.45, 2.75) is 6.92 Å². The highest BCUT2D eigenvalue weighted by Gasteiger charge is 2.11. The molecule has 2 N–H and O–H groups in total. The van der Waals surface area contributed by atoms with Crippen LogP contribution in [0.15, 0.2) is 0 Å². The highest BCUT2D eigenvalue weighted by atomic mass is 16.2. The average Bonchev–Trinajstić information content (AvgIpc) is 1.98. The zero-order valence-electron chi connectivity index (χ0n) is 6.24. The van der Waals surface area contributed by atoms with Crippen molar-refractivity contribution in [3.8, 4) is 0 Å². The Labute approximate surface area is 64.1 Å². The predicted molar refractivity (Wildman–Crippen MR) is 37.5 cm³/mol. The fourth-order valence-corrected chi connectivity index (χ4v) is 0.608. The molecule has 0 atom stereocenters. The van der Waals surface area contributed by atoms with Crippen LogP contribution >= 0.6 is 0 Å². The van der Waals surface area contributed by atoms with Gasteiger partial charge in [0.05, 0.1) is 6.54 Å². The summed E-state index contributed by atoms with van der Waals surface area (Å²) in [7, 11) is 0. The van der Waals surface area contributed by atoms with Gasteiger partial charge in [-0.1, -0.05) is 0 Å². The van der Waals surface area contributed by atoms with E-state index in [0.717, 1.165) is 4.90 Å². The largest absolute Gasteiger partial charge is 0.368 e. The summed E-state index contributed by atoms with van der Waals surface area (Å²) in [6, 6.07) is 0. The fraction of sp³-hybridized carbons (Fsp3) is 0.500. The fourth-order valence-electron chi connectivity index (χ4n) is 0.608. The number of carbonyl (C=O) groups is 3. The molecule has 0 unspecified atom stereocenters. The molecule has 0 heterocycles. The summed E-state index contributed by atoms with van der Waals surface area (Å²) in [5.74, 6) is -1.34. The maximum Gasteiger partial charge on any atom is 0.287 e. The Kier molecular flexibility index (Phi) is 3.87. The van der Waals surface area contributed by atoms with Crippen molar-refractivity contribution in [1.82, 2.24) is 4.90 Å². The van der Waals surface area contributed by atoms with Crippen molar-refractivity contribution in [2.75, 3.05) is 13.1 Å². The first kappa shape index (κ1) is 9.61. The van der Waals surface area contributed by atoms with E-state index in [1.54, 1.807) is 6.92 Å². The molecule has 0 saturated carbocycles. The number of nitrogens with two attached hydrogens (primary N) is 1. The Morgan fingerprint density at radius 2 is 2.09 bits per heavy atom. The number of rotatable bonds is 4. The third-order valence-corrected chi connectivity index (χ3v) is 1.14. The summed E-state index contributed by atoms with van der Waals surface area (Å²) >= 11 is 0. The second kappa shape index (κ2) is 4.43. The molecular formula is C6H10N2O3. The van der Waals surface area contributed by atoms with Gasteiger partial charge in [0.15, 0.2) is 0 Å². The van der Waals surface area contributed by atoms with Gasteiger partial charge in [-0.05, 0) is 6.92 Å². The quantitative estimate of drug-likeness (QED) is 0.400. The lowest BCUT2D eigenvalue weighted by Crippen LogP contribution is -2.38. The highest BCUT2D eigenvalue weighted by molar-refractivity contribution is 6.23. The van der Waals surface area contributed by atoms with Crippen LogP contribution < -0.4 is 5.73 Å². The van der Waals surface area contributed by atoms with Crippen molar-refractivity contribution in [3.63, 3.8) is 0 Å². The minimum absolute atomic E-state index is 0.159. The Hall–Kier alpha value is -1.39. The Bertz CT molecular complexity index is 179. The van der Waals surface area contributed by atoms with Crippen molar-refractivity contribution in [2.24, 2.45) is 5.73 Å². The lowest BCUT2D eigenvalue weighted by molar-refractivity contribution is -0.140. The van der Waals surface area contributed by atoms with Crippen LogP contribution in [0.4, 0.5) is 0 Å². The smallest absolute Gasteiger partial charge is 0.287 e. The number of amides is 2. The summed E-state index contributed by atoms with van der Waals surface area (Å²) in [6.07, 6.45) is 0.159. The van der Waals surface area contributed by atoms with E-state index < -0.39 is 11.8 Å². The second-order valence-corrected chi connectivity index (χ2v) is 1.94. The topological polar surface area (TPSA) is 80.5 Å². The van der Waals surface area contributed by atoms with Gasteiger partial charge in [-0.25, -0.2) is 0 Å². The monoisotopic (exact) mass is 158 g/mol. The molecule has 0 aromatic rings. The molecule has 62 valence electrons. The molecule has 5 heteroatoms. The minimum Gasteiger partial charge on any atom is -0.368 e. The van der Waals surface area contributed by atoms with E-state index in [2.05, 4.69) is 0 Å². The van der Waals surface area contributed by atoms with Gasteiger partial charge in [-0.3, -0.25) is 14.4 Å². The van der Waals surface area contributed by atoms with Crippen LogP contribution in [0.25, 0.3) is 0 Å². The number of likely N-dealkylation sites (N-methyl/N-ethyl adjacent to an activating group) is 1. The van der Waals surface area contributed by atoms with Gasteiger partial charge < -0.3 is 10.6 Å². The van der Waals surface area contributed by atoms with Crippen LogP contribution in [0.2, 0.25) is 0 Å². The molecule has 5 nitrogen and oxygen atoms in total. The maximum atomic E-state index is 10.6. The molecule has 0 spiro atoms. The van der Waals surface area contributed by atoms with Crippen LogP contribution in [0.3, 0.4) is 0 Å². The maximum absolute atomic E-state index is 10.6. The lowest BCUT2D eigenvalue weighted by Gasteiger charge is -2.14. The van der Waals surface area contributed by atoms with Gasteiger partial charge in [-0.2, -0.15) is 0 Å². The Balaban J connectivity index is 4.05. The molecule has 0 fully saturated rings. The predicted octanol–water partition coefficient (Wildman–Crippen LogP) is -1.48. The number of aldehydes is 1. The van der Waals surface area contributed by atoms with Gasteiger partial charge in [0.1, 0.15) is 0 Å². The van der Waals surface area contributed by atoms with Crippen molar-refractivity contribution in [3.05, 3.63) is 0 Å². The molecule has 0 aliphatic heterocycles. The van der Waals surface area contributed by atoms with E-state index in [-0.39, 0.29) is 12.8 Å². The minimum atomic E-state index is -0.716. The molecule has 0 saturated heterocycles.